The Morgan fingerprint density at radius 2 is 2.14 bits per heavy atom. The Labute approximate surface area is 128 Å². The van der Waals surface area contributed by atoms with Gasteiger partial charge in [0.25, 0.3) is 10.2 Å². The first-order valence-corrected chi connectivity index (χ1v) is 8.94. The highest BCUT2D eigenvalue weighted by molar-refractivity contribution is 7.87. The number of rotatable bonds is 10. The summed E-state index contributed by atoms with van der Waals surface area (Å²) in [6.07, 6.45) is 1.71. The summed E-state index contributed by atoms with van der Waals surface area (Å²) in [5, 5.41) is 3.29. The Bertz CT molecular complexity index is 378. The van der Waals surface area contributed by atoms with Gasteiger partial charge in [-0.25, -0.2) is 0 Å². The number of hydrogen-bond acceptors (Lipinski definition) is 5. The molecule has 2 unspecified atom stereocenters. The first-order valence-electron chi connectivity index (χ1n) is 7.50. The lowest BCUT2D eigenvalue weighted by Gasteiger charge is -2.32. The molecule has 0 bridgehead atoms. The molecule has 0 aliphatic carbocycles. The van der Waals surface area contributed by atoms with Crippen LogP contribution in [0, 0.1) is 5.92 Å². The second-order valence-electron chi connectivity index (χ2n) is 5.34. The molecule has 1 aliphatic heterocycles. The highest BCUT2D eigenvalue weighted by Gasteiger charge is 2.28. The van der Waals surface area contributed by atoms with Gasteiger partial charge in [0.15, 0.2) is 0 Å². The smallest absolute Gasteiger partial charge is 0.279 e. The predicted octanol–water partition coefficient (Wildman–Crippen LogP) is -0.196. The number of ether oxygens (including phenoxy) is 2. The normalized spacial score (nSPS) is 22.3. The predicted molar refractivity (Wildman–Crippen MR) is 82.4 cm³/mol. The van der Waals surface area contributed by atoms with Gasteiger partial charge in [0.05, 0.1) is 12.7 Å². The van der Waals surface area contributed by atoms with Crippen molar-refractivity contribution in [3.05, 3.63) is 0 Å². The Balaban J connectivity index is 2.48. The van der Waals surface area contributed by atoms with Crippen LogP contribution in [-0.4, -0.2) is 72.4 Å². The molecule has 126 valence electrons. The maximum atomic E-state index is 12.3. The summed E-state index contributed by atoms with van der Waals surface area (Å²) in [6.45, 7) is 5.58. The van der Waals surface area contributed by atoms with Crippen LogP contribution >= 0.6 is 0 Å². The lowest BCUT2D eigenvalue weighted by molar-refractivity contribution is 0.0317. The van der Waals surface area contributed by atoms with Crippen LogP contribution in [0.25, 0.3) is 0 Å². The van der Waals surface area contributed by atoms with Crippen LogP contribution in [0.5, 0.6) is 0 Å². The van der Waals surface area contributed by atoms with Crippen molar-refractivity contribution in [2.75, 3.05) is 53.6 Å². The molecule has 2 atom stereocenters. The Kier molecular flexibility index (Phi) is 8.69. The standard InChI is InChI=1S/C13H29N3O4S/c1-4-14-8-12-6-5-7-16(10-12)21(17,18)15-9-13(20-3)11-19-2/h12-15H,4-11H2,1-3H3. The maximum Gasteiger partial charge on any atom is 0.279 e. The van der Waals surface area contributed by atoms with Gasteiger partial charge in [-0.3, -0.25) is 0 Å². The lowest BCUT2D eigenvalue weighted by atomic mass is 10.00. The van der Waals surface area contributed by atoms with E-state index in [0.29, 0.717) is 25.6 Å². The van der Waals surface area contributed by atoms with Crippen molar-refractivity contribution in [3.8, 4) is 0 Å². The number of nitrogens with zero attached hydrogens (tertiary/aromatic N) is 1. The van der Waals surface area contributed by atoms with Crippen LogP contribution < -0.4 is 10.0 Å². The molecule has 1 saturated heterocycles. The van der Waals surface area contributed by atoms with E-state index in [1.807, 2.05) is 0 Å². The number of nitrogens with one attached hydrogen (secondary N) is 2. The average Bonchev–Trinajstić information content (AvgIpc) is 2.49. The molecule has 21 heavy (non-hydrogen) atoms. The van der Waals surface area contributed by atoms with Crippen molar-refractivity contribution in [2.45, 2.75) is 25.9 Å². The van der Waals surface area contributed by atoms with Crippen LogP contribution in [0.1, 0.15) is 19.8 Å². The van der Waals surface area contributed by atoms with Crippen molar-refractivity contribution < 1.29 is 17.9 Å². The summed E-state index contributed by atoms with van der Waals surface area (Å²) in [4.78, 5) is 0. The van der Waals surface area contributed by atoms with Gasteiger partial charge in [0.1, 0.15) is 0 Å². The highest BCUT2D eigenvalue weighted by Crippen LogP contribution is 2.18. The van der Waals surface area contributed by atoms with Crippen molar-refractivity contribution in [1.82, 2.24) is 14.3 Å². The summed E-state index contributed by atoms with van der Waals surface area (Å²) in [5.74, 6) is 0.382. The summed E-state index contributed by atoms with van der Waals surface area (Å²) < 4.78 is 39.0. The molecular formula is C13H29N3O4S. The molecule has 1 rings (SSSR count). The largest absolute Gasteiger partial charge is 0.382 e. The van der Waals surface area contributed by atoms with E-state index in [1.165, 1.54) is 4.31 Å². The number of piperidine rings is 1. The fourth-order valence-electron chi connectivity index (χ4n) is 2.45. The second-order valence-corrected chi connectivity index (χ2v) is 7.10. The van der Waals surface area contributed by atoms with E-state index >= 15 is 0 Å². The van der Waals surface area contributed by atoms with E-state index in [0.717, 1.165) is 25.9 Å². The van der Waals surface area contributed by atoms with E-state index in [-0.39, 0.29) is 12.6 Å². The molecule has 1 fully saturated rings. The SMILES string of the molecule is CCNCC1CCCN(S(=O)(=O)NCC(COC)OC)C1. The van der Waals surface area contributed by atoms with Gasteiger partial charge >= 0.3 is 0 Å². The molecule has 1 heterocycles. The fourth-order valence-corrected chi connectivity index (χ4v) is 3.80. The maximum absolute atomic E-state index is 12.3. The lowest BCUT2D eigenvalue weighted by Crippen LogP contribution is -2.49. The molecule has 0 aromatic heterocycles. The minimum atomic E-state index is -3.44. The van der Waals surface area contributed by atoms with Crippen LogP contribution in [0.15, 0.2) is 0 Å². The van der Waals surface area contributed by atoms with Crippen LogP contribution in [0.3, 0.4) is 0 Å². The Morgan fingerprint density at radius 1 is 1.38 bits per heavy atom. The summed E-state index contributed by atoms with van der Waals surface area (Å²) in [5.41, 5.74) is 0. The van der Waals surface area contributed by atoms with E-state index in [2.05, 4.69) is 17.0 Å². The fraction of sp³-hybridized carbons (Fsp3) is 1.00. The van der Waals surface area contributed by atoms with Crippen LogP contribution in [-0.2, 0) is 19.7 Å². The van der Waals surface area contributed by atoms with E-state index in [1.54, 1.807) is 14.2 Å². The number of methoxy groups -OCH3 is 2. The first kappa shape index (κ1) is 18.8. The van der Waals surface area contributed by atoms with Crippen LogP contribution in [0.2, 0.25) is 0 Å². The third kappa shape index (κ3) is 6.58. The molecule has 8 heteroatoms. The van der Waals surface area contributed by atoms with E-state index in [9.17, 15) is 8.42 Å². The Hall–Kier alpha value is -0.250. The molecule has 0 radical (unpaired) electrons. The van der Waals surface area contributed by atoms with Gasteiger partial charge in [-0.1, -0.05) is 6.92 Å². The quantitative estimate of drug-likeness (QED) is 0.582. The van der Waals surface area contributed by atoms with Gasteiger partial charge in [0.2, 0.25) is 0 Å². The van der Waals surface area contributed by atoms with Gasteiger partial charge in [-0.05, 0) is 31.8 Å². The first-order chi connectivity index (χ1) is 10.0. The van der Waals surface area contributed by atoms with Crippen molar-refractivity contribution in [3.63, 3.8) is 0 Å². The topological polar surface area (TPSA) is 79.9 Å². The molecule has 1 aliphatic rings. The molecule has 0 amide bonds. The summed E-state index contributed by atoms with van der Waals surface area (Å²) in [7, 11) is -0.332. The zero-order chi connectivity index (χ0) is 15.7. The molecule has 0 saturated carbocycles. The van der Waals surface area contributed by atoms with Gasteiger partial charge in [0, 0.05) is 33.9 Å². The van der Waals surface area contributed by atoms with Gasteiger partial charge in [-0.15, -0.1) is 0 Å². The van der Waals surface area contributed by atoms with Crippen LogP contribution in [0.4, 0.5) is 0 Å². The van der Waals surface area contributed by atoms with E-state index < -0.39 is 10.2 Å². The molecule has 7 nitrogen and oxygen atoms in total. The second kappa shape index (κ2) is 9.70. The summed E-state index contributed by atoms with van der Waals surface area (Å²) in [6, 6.07) is 0. The molecular weight excluding hydrogens is 294 g/mol. The zero-order valence-electron chi connectivity index (χ0n) is 13.3. The highest BCUT2D eigenvalue weighted by atomic mass is 32.2. The minimum absolute atomic E-state index is 0.223. The zero-order valence-corrected chi connectivity index (χ0v) is 14.1. The third-order valence-corrected chi connectivity index (χ3v) is 5.23. The monoisotopic (exact) mass is 323 g/mol. The van der Waals surface area contributed by atoms with Crippen molar-refractivity contribution >= 4 is 10.2 Å². The Morgan fingerprint density at radius 3 is 2.76 bits per heavy atom. The summed E-state index contributed by atoms with van der Waals surface area (Å²) >= 11 is 0. The molecule has 2 N–H and O–H groups in total. The van der Waals surface area contributed by atoms with Crippen molar-refractivity contribution in [2.24, 2.45) is 5.92 Å². The average molecular weight is 323 g/mol. The van der Waals surface area contributed by atoms with E-state index in [4.69, 9.17) is 9.47 Å². The third-order valence-electron chi connectivity index (χ3n) is 3.68. The molecule has 0 aromatic rings. The van der Waals surface area contributed by atoms with Gasteiger partial charge in [-0.2, -0.15) is 17.4 Å². The molecule has 0 aromatic carbocycles. The minimum Gasteiger partial charge on any atom is -0.382 e. The van der Waals surface area contributed by atoms with Crippen molar-refractivity contribution in [1.29, 1.82) is 0 Å². The van der Waals surface area contributed by atoms with Gasteiger partial charge < -0.3 is 14.8 Å². The molecule has 0 spiro atoms. The number of hydrogen-bond donors (Lipinski definition) is 2.